The van der Waals surface area contributed by atoms with Crippen molar-refractivity contribution in [3.63, 3.8) is 0 Å². The Morgan fingerprint density at radius 2 is 1.73 bits per heavy atom. The molecule has 5 nitrogen and oxygen atoms in total. The molecule has 2 aromatic rings. The van der Waals surface area contributed by atoms with Gasteiger partial charge in [0.2, 0.25) is 0 Å². The summed E-state index contributed by atoms with van der Waals surface area (Å²) in [7, 11) is 5.52. The first-order valence-corrected chi connectivity index (χ1v) is 6.85. The molecule has 0 spiro atoms. The van der Waals surface area contributed by atoms with Crippen molar-refractivity contribution < 1.29 is 9.53 Å². The summed E-state index contributed by atoms with van der Waals surface area (Å²) in [4.78, 5) is 13.9. The number of carbonyl (C=O) groups excluding carboxylic acids is 1. The van der Waals surface area contributed by atoms with Crippen LogP contribution in [0.4, 0.5) is 5.69 Å². The highest BCUT2D eigenvalue weighted by molar-refractivity contribution is 5.95. The number of hydrogen-bond acceptors (Lipinski definition) is 4. The maximum atomic E-state index is 12.0. The third kappa shape index (κ3) is 4.09. The number of hydrogen-bond donors (Lipinski definition) is 1. The lowest BCUT2D eigenvalue weighted by molar-refractivity contribution is 0.0955. The lowest BCUT2D eigenvalue weighted by Crippen LogP contribution is -2.17. The molecule has 5 heteroatoms. The molecule has 0 radical (unpaired) electrons. The molecule has 0 bridgehead atoms. The van der Waals surface area contributed by atoms with Crippen molar-refractivity contribution in [3.8, 4) is 5.75 Å². The number of amides is 1. The number of benzene rings is 2. The van der Waals surface area contributed by atoms with Crippen LogP contribution in [0.15, 0.2) is 53.6 Å². The van der Waals surface area contributed by atoms with Crippen molar-refractivity contribution in [3.05, 3.63) is 59.7 Å². The minimum atomic E-state index is -0.241. The van der Waals surface area contributed by atoms with Crippen LogP contribution >= 0.6 is 0 Å². The minimum absolute atomic E-state index is 0.241. The maximum absolute atomic E-state index is 12.0. The molecule has 0 aliphatic heterocycles. The number of anilines is 1. The van der Waals surface area contributed by atoms with E-state index in [-0.39, 0.29) is 5.91 Å². The van der Waals surface area contributed by atoms with Crippen molar-refractivity contribution in [1.29, 1.82) is 0 Å². The normalized spacial score (nSPS) is 10.5. The van der Waals surface area contributed by atoms with Crippen LogP contribution in [0.5, 0.6) is 5.75 Å². The topological polar surface area (TPSA) is 53.9 Å². The molecular formula is C17H19N3O2. The van der Waals surface area contributed by atoms with E-state index in [4.69, 9.17) is 4.74 Å². The molecule has 0 fully saturated rings. The van der Waals surface area contributed by atoms with E-state index >= 15 is 0 Å². The average Bonchev–Trinajstić information content (AvgIpc) is 2.55. The number of carbonyl (C=O) groups is 1. The van der Waals surface area contributed by atoms with Crippen molar-refractivity contribution in [1.82, 2.24) is 5.43 Å². The second-order valence-electron chi connectivity index (χ2n) is 4.91. The Morgan fingerprint density at radius 3 is 2.27 bits per heavy atom. The lowest BCUT2D eigenvalue weighted by atomic mass is 10.2. The number of nitrogens with one attached hydrogen (secondary N) is 1. The molecule has 0 saturated carbocycles. The summed E-state index contributed by atoms with van der Waals surface area (Å²) in [5.41, 5.74) is 5.00. The molecule has 0 heterocycles. The summed E-state index contributed by atoms with van der Waals surface area (Å²) < 4.78 is 5.08. The number of nitrogens with zero attached hydrogens (tertiary/aromatic N) is 2. The van der Waals surface area contributed by atoms with Crippen LogP contribution in [-0.4, -0.2) is 33.3 Å². The van der Waals surface area contributed by atoms with E-state index in [9.17, 15) is 4.79 Å². The van der Waals surface area contributed by atoms with Gasteiger partial charge in [-0.15, -0.1) is 0 Å². The maximum Gasteiger partial charge on any atom is 0.271 e. The van der Waals surface area contributed by atoms with E-state index in [1.165, 1.54) is 0 Å². The van der Waals surface area contributed by atoms with E-state index < -0.39 is 0 Å². The average molecular weight is 297 g/mol. The highest BCUT2D eigenvalue weighted by Crippen LogP contribution is 2.12. The summed E-state index contributed by atoms with van der Waals surface area (Å²) in [6.45, 7) is 0. The first-order chi connectivity index (χ1) is 10.6. The molecule has 0 aliphatic carbocycles. The lowest BCUT2D eigenvalue weighted by Gasteiger charge is -2.12. The van der Waals surface area contributed by atoms with Crippen LogP contribution in [-0.2, 0) is 0 Å². The van der Waals surface area contributed by atoms with E-state index in [1.807, 2.05) is 55.4 Å². The second kappa shape index (κ2) is 7.26. The summed E-state index contributed by atoms with van der Waals surface area (Å²) in [6, 6.07) is 14.7. The molecule has 1 N–H and O–H groups in total. The molecule has 2 aromatic carbocycles. The SMILES string of the molecule is COc1ccc(C=NNC(=O)c2ccc(N(C)C)cc2)cc1. The van der Waals surface area contributed by atoms with Crippen molar-refractivity contribution in [2.45, 2.75) is 0 Å². The van der Waals surface area contributed by atoms with E-state index in [1.54, 1.807) is 25.5 Å². The van der Waals surface area contributed by atoms with Gasteiger partial charge >= 0.3 is 0 Å². The predicted molar refractivity (Wildman–Crippen MR) is 88.8 cm³/mol. The van der Waals surface area contributed by atoms with Gasteiger partial charge < -0.3 is 9.64 Å². The highest BCUT2D eigenvalue weighted by Gasteiger charge is 2.04. The smallest absolute Gasteiger partial charge is 0.271 e. The first kappa shape index (κ1) is 15.6. The van der Waals surface area contributed by atoms with Crippen molar-refractivity contribution in [2.75, 3.05) is 26.1 Å². The van der Waals surface area contributed by atoms with E-state index in [0.29, 0.717) is 5.56 Å². The Bertz CT molecular complexity index is 647. The molecule has 1 amide bonds. The monoisotopic (exact) mass is 297 g/mol. The Labute approximate surface area is 130 Å². The summed E-state index contributed by atoms with van der Waals surface area (Å²) in [5.74, 6) is 0.539. The van der Waals surface area contributed by atoms with Gasteiger partial charge in [0.25, 0.3) is 5.91 Å². The van der Waals surface area contributed by atoms with Crippen LogP contribution in [0.1, 0.15) is 15.9 Å². The van der Waals surface area contributed by atoms with Crippen LogP contribution < -0.4 is 15.1 Å². The third-order valence-corrected chi connectivity index (χ3v) is 3.14. The first-order valence-electron chi connectivity index (χ1n) is 6.85. The van der Waals surface area contributed by atoms with Crippen LogP contribution in [0.3, 0.4) is 0 Å². The van der Waals surface area contributed by atoms with Gasteiger partial charge in [0.05, 0.1) is 13.3 Å². The van der Waals surface area contributed by atoms with Gasteiger partial charge in [-0.3, -0.25) is 4.79 Å². The standard InChI is InChI=1S/C17H19N3O2/c1-20(2)15-8-6-14(7-9-15)17(21)19-18-12-13-4-10-16(22-3)11-5-13/h4-12H,1-3H3,(H,19,21). The van der Waals surface area contributed by atoms with Crippen molar-refractivity contribution >= 4 is 17.8 Å². The van der Waals surface area contributed by atoms with Gasteiger partial charge in [-0.1, -0.05) is 0 Å². The Balaban J connectivity index is 1.95. The molecule has 0 unspecified atom stereocenters. The zero-order valence-electron chi connectivity index (χ0n) is 12.9. The molecule has 0 atom stereocenters. The van der Waals surface area contributed by atoms with E-state index in [2.05, 4.69) is 10.5 Å². The molecular weight excluding hydrogens is 278 g/mol. The van der Waals surface area contributed by atoms with Gasteiger partial charge in [-0.2, -0.15) is 5.10 Å². The molecule has 22 heavy (non-hydrogen) atoms. The van der Waals surface area contributed by atoms with Gasteiger partial charge in [0.1, 0.15) is 5.75 Å². The van der Waals surface area contributed by atoms with Gasteiger partial charge in [-0.05, 0) is 54.1 Å². The summed E-state index contributed by atoms with van der Waals surface area (Å²) in [6.07, 6.45) is 1.59. The van der Waals surface area contributed by atoms with Gasteiger partial charge in [0.15, 0.2) is 0 Å². The Kier molecular flexibility index (Phi) is 5.14. The molecule has 114 valence electrons. The van der Waals surface area contributed by atoms with Gasteiger partial charge in [0, 0.05) is 25.3 Å². The number of rotatable bonds is 5. The molecule has 0 aliphatic rings. The molecule has 0 aromatic heterocycles. The quantitative estimate of drug-likeness (QED) is 0.681. The fourth-order valence-corrected chi connectivity index (χ4v) is 1.83. The fraction of sp³-hybridized carbons (Fsp3) is 0.176. The predicted octanol–water partition coefficient (Wildman–Crippen LogP) is 2.53. The largest absolute Gasteiger partial charge is 0.497 e. The van der Waals surface area contributed by atoms with Crippen LogP contribution in [0, 0.1) is 0 Å². The minimum Gasteiger partial charge on any atom is -0.497 e. The third-order valence-electron chi connectivity index (χ3n) is 3.14. The Morgan fingerprint density at radius 1 is 1.09 bits per heavy atom. The van der Waals surface area contributed by atoms with E-state index in [0.717, 1.165) is 17.0 Å². The van der Waals surface area contributed by atoms with Crippen LogP contribution in [0.2, 0.25) is 0 Å². The highest BCUT2D eigenvalue weighted by atomic mass is 16.5. The summed E-state index contributed by atoms with van der Waals surface area (Å²) in [5, 5.41) is 3.96. The zero-order valence-corrected chi connectivity index (χ0v) is 12.9. The molecule has 2 rings (SSSR count). The zero-order chi connectivity index (χ0) is 15.9. The Hall–Kier alpha value is -2.82. The number of ether oxygens (including phenoxy) is 1. The van der Waals surface area contributed by atoms with Gasteiger partial charge in [-0.25, -0.2) is 5.43 Å². The van der Waals surface area contributed by atoms with Crippen LogP contribution in [0.25, 0.3) is 0 Å². The molecule has 0 saturated heterocycles. The second-order valence-corrected chi connectivity index (χ2v) is 4.91. The van der Waals surface area contributed by atoms with Crippen molar-refractivity contribution in [2.24, 2.45) is 5.10 Å². The number of methoxy groups -OCH3 is 1. The fourth-order valence-electron chi connectivity index (χ4n) is 1.83. The summed E-state index contributed by atoms with van der Waals surface area (Å²) >= 11 is 0. The number of hydrazone groups is 1.